The van der Waals surface area contributed by atoms with Crippen molar-refractivity contribution in [1.82, 2.24) is 0 Å². The topological polar surface area (TPSA) is 52.6 Å². The third kappa shape index (κ3) is 16.4. The van der Waals surface area contributed by atoms with Gasteiger partial charge in [-0.3, -0.25) is 4.18 Å². The Hall–Kier alpha value is -0.910. The van der Waals surface area contributed by atoms with Crippen molar-refractivity contribution in [2.45, 2.75) is 115 Å². The lowest BCUT2D eigenvalue weighted by molar-refractivity contribution is 0.0989. The van der Waals surface area contributed by atoms with E-state index in [4.69, 9.17) is 8.92 Å². The van der Waals surface area contributed by atoms with Crippen LogP contribution in [0.25, 0.3) is 0 Å². The molecule has 1 aromatic rings. The standard InChI is InChI=1S/C26H46O4S/c1-2-3-4-5-6-7-8-9-10-11-12-13-14-15-16-20-23-29-24-25-30-31(27,28)26-21-18-17-19-22-26/h17-19,21-22H,2-16,20,23-25H2,1H3. The molecule has 0 saturated carbocycles. The molecule has 31 heavy (non-hydrogen) atoms. The fraction of sp³-hybridized carbons (Fsp3) is 0.769. The lowest BCUT2D eigenvalue weighted by Crippen LogP contribution is -2.12. The first kappa shape index (κ1) is 28.1. The molecule has 5 heteroatoms. The molecule has 1 rings (SSSR count). The van der Waals surface area contributed by atoms with E-state index in [-0.39, 0.29) is 11.5 Å². The zero-order valence-corrected chi connectivity index (χ0v) is 20.7. The van der Waals surface area contributed by atoms with Crippen molar-refractivity contribution in [1.29, 1.82) is 0 Å². The van der Waals surface area contributed by atoms with E-state index in [1.165, 1.54) is 108 Å². The molecule has 1 aromatic carbocycles. The van der Waals surface area contributed by atoms with Crippen molar-refractivity contribution in [3.8, 4) is 0 Å². The van der Waals surface area contributed by atoms with E-state index in [0.29, 0.717) is 13.2 Å². The van der Waals surface area contributed by atoms with E-state index in [2.05, 4.69) is 6.92 Å². The number of unbranched alkanes of at least 4 members (excludes halogenated alkanes) is 15. The predicted octanol–water partition coefficient (Wildman–Crippen LogP) is 7.67. The molecule has 0 atom stereocenters. The average molecular weight is 455 g/mol. The Morgan fingerprint density at radius 2 is 1.03 bits per heavy atom. The number of rotatable bonds is 22. The Bertz CT molecular complexity index is 601. The molecular weight excluding hydrogens is 408 g/mol. The summed E-state index contributed by atoms with van der Waals surface area (Å²) >= 11 is 0. The van der Waals surface area contributed by atoms with Gasteiger partial charge in [0.25, 0.3) is 10.1 Å². The molecule has 0 aliphatic carbocycles. The van der Waals surface area contributed by atoms with E-state index < -0.39 is 10.1 Å². The lowest BCUT2D eigenvalue weighted by Gasteiger charge is -2.07. The summed E-state index contributed by atoms with van der Waals surface area (Å²) in [7, 11) is -3.66. The second-order valence-electron chi connectivity index (χ2n) is 8.50. The van der Waals surface area contributed by atoms with E-state index in [1.807, 2.05) is 0 Å². The van der Waals surface area contributed by atoms with Crippen LogP contribution >= 0.6 is 0 Å². The fourth-order valence-electron chi connectivity index (χ4n) is 3.71. The van der Waals surface area contributed by atoms with Crippen LogP contribution in [0.4, 0.5) is 0 Å². The molecule has 180 valence electrons. The van der Waals surface area contributed by atoms with Gasteiger partial charge in [-0.2, -0.15) is 8.42 Å². The zero-order valence-electron chi connectivity index (χ0n) is 19.9. The van der Waals surface area contributed by atoms with Crippen molar-refractivity contribution >= 4 is 10.1 Å². The van der Waals surface area contributed by atoms with Crippen LogP contribution in [-0.2, 0) is 19.0 Å². The van der Waals surface area contributed by atoms with Crippen molar-refractivity contribution in [3.63, 3.8) is 0 Å². The number of hydrogen-bond donors (Lipinski definition) is 0. The summed E-state index contributed by atoms with van der Waals surface area (Å²) in [6, 6.07) is 8.22. The summed E-state index contributed by atoms with van der Waals surface area (Å²) in [5.41, 5.74) is 0. The first-order valence-corrected chi connectivity index (χ1v) is 14.1. The van der Waals surface area contributed by atoms with Crippen molar-refractivity contribution < 1.29 is 17.3 Å². The van der Waals surface area contributed by atoms with Gasteiger partial charge in [0.15, 0.2) is 0 Å². The third-order valence-corrected chi connectivity index (χ3v) is 6.97. The van der Waals surface area contributed by atoms with Crippen LogP contribution in [-0.4, -0.2) is 28.2 Å². The second-order valence-corrected chi connectivity index (χ2v) is 10.1. The molecule has 0 saturated heterocycles. The molecule has 0 fully saturated rings. The summed E-state index contributed by atoms with van der Waals surface area (Å²) in [5, 5.41) is 0. The number of ether oxygens (including phenoxy) is 1. The molecule has 0 bridgehead atoms. The van der Waals surface area contributed by atoms with Gasteiger partial charge in [-0.15, -0.1) is 0 Å². The Kier molecular flexibility index (Phi) is 17.9. The van der Waals surface area contributed by atoms with Gasteiger partial charge in [-0.05, 0) is 18.6 Å². The van der Waals surface area contributed by atoms with Crippen molar-refractivity contribution in [3.05, 3.63) is 30.3 Å². The maximum atomic E-state index is 11.9. The SMILES string of the molecule is CCCCCCCCCCCCCCCCCCOCCOS(=O)(=O)c1ccccc1. The Morgan fingerprint density at radius 3 is 1.52 bits per heavy atom. The summed E-state index contributed by atoms with van der Waals surface area (Å²) in [4.78, 5) is 0.188. The molecule has 0 aromatic heterocycles. The largest absolute Gasteiger partial charge is 0.379 e. The molecule has 0 aliphatic rings. The highest BCUT2D eigenvalue weighted by Crippen LogP contribution is 2.14. The Morgan fingerprint density at radius 1 is 0.581 bits per heavy atom. The van der Waals surface area contributed by atoms with Crippen LogP contribution < -0.4 is 0 Å². The number of hydrogen-bond acceptors (Lipinski definition) is 4. The number of benzene rings is 1. The molecule has 0 N–H and O–H groups in total. The molecule has 4 nitrogen and oxygen atoms in total. The predicted molar refractivity (Wildman–Crippen MR) is 130 cm³/mol. The molecule has 0 aliphatic heterocycles. The monoisotopic (exact) mass is 454 g/mol. The molecular formula is C26H46O4S. The van der Waals surface area contributed by atoms with Gasteiger partial charge in [0.05, 0.1) is 18.1 Å². The van der Waals surface area contributed by atoms with Crippen LogP contribution in [0.3, 0.4) is 0 Å². The lowest BCUT2D eigenvalue weighted by atomic mass is 10.0. The Balaban J connectivity index is 1.77. The maximum Gasteiger partial charge on any atom is 0.297 e. The fourth-order valence-corrected chi connectivity index (χ4v) is 4.63. The second kappa shape index (κ2) is 19.8. The quantitative estimate of drug-likeness (QED) is 0.133. The van der Waals surface area contributed by atoms with Crippen LogP contribution in [0.15, 0.2) is 35.2 Å². The third-order valence-electron chi connectivity index (χ3n) is 5.64. The van der Waals surface area contributed by atoms with Gasteiger partial charge in [0.2, 0.25) is 0 Å². The van der Waals surface area contributed by atoms with Gasteiger partial charge in [-0.1, -0.05) is 121 Å². The minimum Gasteiger partial charge on any atom is -0.379 e. The summed E-state index contributed by atoms with van der Waals surface area (Å²) in [5.74, 6) is 0. The smallest absolute Gasteiger partial charge is 0.297 e. The minimum atomic E-state index is -3.66. The highest BCUT2D eigenvalue weighted by molar-refractivity contribution is 7.86. The van der Waals surface area contributed by atoms with Gasteiger partial charge in [0.1, 0.15) is 0 Å². The van der Waals surface area contributed by atoms with Gasteiger partial charge in [-0.25, -0.2) is 0 Å². The van der Waals surface area contributed by atoms with E-state index in [1.54, 1.807) is 18.2 Å². The van der Waals surface area contributed by atoms with Crippen LogP contribution in [0, 0.1) is 0 Å². The minimum absolute atomic E-state index is 0.0656. The summed E-state index contributed by atoms with van der Waals surface area (Å²) < 4.78 is 34.4. The van der Waals surface area contributed by atoms with Gasteiger partial charge < -0.3 is 4.74 Å². The van der Waals surface area contributed by atoms with Crippen LogP contribution in [0.5, 0.6) is 0 Å². The van der Waals surface area contributed by atoms with Crippen LogP contribution in [0.2, 0.25) is 0 Å². The molecule has 0 amide bonds. The zero-order chi connectivity index (χ0) is 22.5. The van der Waals surface area contributed by atoms with E-state index in [9.17, 15) is 8.42 Å². The van der Waals surface area contributed by atoms with E-state index in [0.717, 1.165) is 6.42 Å². The summed E-state index contributed by atoms with van der Waals surface area (Å²) in [6.07, 6.45) is 21.6. The van der Waals surface area contributed by atoms with Gasteiger partial charge >= 0.3 is 0 Å². The van der Waals surface area contributed by atoms with Crippen molar-refractivity contribution in [2.24, 2.45) is 0 Å². The first-order chi connectivity index (χ1) is 15.2. The average Bonchev–Trinajstić information content (AvgIpc) is 2.78. The first-order valence-electron chi connectivity index (χ1n) is 12.7. The highest BCUT2D eigenvalue weighted by Gasteiger charge is 2.13. The van der Waals surface area contributed by atoms with E-state index >= 15 is 0 Å². The highest BCUT2D eigenvalue weighted by atomic mass is 32.2. The van der Waals surface area contributed by atoms with Gasteiger partial charge in [0, 0.05) is 6.61 Å². The summed E-state index contributed by atoms with van der Waals surface area (Å²) in [6.45, 7) is 3.33. The molecule has 0 radical (unpaired) electrons. The molecule has 0 heterocycles. The van der Waals surface area contributed by atoms with Crippen molar-refractivity contribution in [2.75, 3.05) is 19.8 Å². The van der Waals surface area contributed by atoms with Crippen LogP contribution in [0.1, 0.15) is 110 Å². The molecule has 0 unspecified atom stereocenters. The maximum absolute atomic E-state index is 11.9. The molecule has 0 spiro atoms. The Labute approximate surface area is 192 Å². The normalized spacial score (nSPS) is 11.8.